The predicted octanol–water partition coefficient (Wildman–Crippen LogP) is 5.01. The summed E-state index contributed by atoms with van der Waals surface area (Å²) < 4.78 is 0. The Labute approximate surface area is 118 Å². The Morgan fingerprint density at radius 3 is 2.16 bits per heavy atom. The minimum absolute atomic E-state index is 0.203. The van der Waals surface area contributed by atoms with Crippen LogP contribution < -0.4 is 0 Å². The van der Waals surface area contributed by atoms with Crippen molar-refractivity contribution >= 4 is 11.6 Å². The molecule has 0 saturated heterocycles. The van der Waals surface area contributed by atoms with Crippen LogP contribution in [0.25, 0.3) is 0 Å². The minimum atomic E-state index is 0.203. The molecule has 2 nitrogen and oxygen atoms in total. The normalized spacial score (nSPS) is 11.1. The zero-order valence-electron chi connectivity index (χ0n) is 12.7. The van der Waals surface area contributed by atoms with Crippen molar-refractivity contribution < 1.29 is 9.59 Å². The second-order valence-electron chi connectivity index (χ2n) is 5.33. The molecule has 110 valence electrons. The van der Waals surface area contributed by atoms with Gasteiger partial charge in [-0.3, -0.25) is 4.79 Å². The molecule has 0 amide bonds. The van der Waals surface area contributed by atoms with Crippen LogP contribution in [-0.4, -0.2) is 11.6 Å². The molecule has 0 aliphatic rings. The first kappa shape index (κ1) is 18.1. The number of rotatable bonds is 13. The highest BCUT2D eigenvalue weighted by atomic mass is 16.1. The zero-order chi connectivity index (χ0) is 14.3. The van der Waals surface area contributed by atoms with E-state index in [4.69, 9.17) is 0 Å². The van der Waals surface area contributed by atoms with Gasteiger partial charge in [0.15, 0.2) is 5.78 Å². The maximum atomic E-state index is 11.5. The van der Waals surface area contributed by atoms with Crippen molar-refractivity contribution in [2.75, 3.05) is 0 Å². The first-order valence-corrected chi connectivity index (χ1v) is 7.85. The molecule has 2 heteroatoms. The molecule has 0 bridgehead atoms. The van der Waals surface area contributed by atoms with Crippen molar-refractivity contribution in [3.05, 3.63) is 12.2 Å². The standard InChI is InChI=1S/C17H30O2/c1-3-4-5-6-7-8-9-10-14-17(19)15-12-11-13-16(2)18/h10,14H,3-9,11-13,15H2,1-2H3/b14-10-. The average Bonchev–Trinajstić information content (AvgIpc) is 2.37. The minimum Gasteiger partial charge on any atom is -0.300 e. The quantitative estimate of drug-likeness (QED) is 0.347. The smallest absolute Gasteiger partial charge is 0.155 e. The molecular weight excluding hydrogens is 236 g/mol. The Bertz CT molecular complexity index is 266. The monoisotopic (exact) mass is 266 g/mol. The van der Waals surface area contributed by atoms with Crippen molar-refractivity contribution in [2.24, 2.45) is 0 Å². The molecule has 0 spiro atoms. The lowest BCUT2D eigenvalue weighted by Crippen LogP contribution is -1.94. The van der Waals surface area contributed by atoms with Crippen molar-refractivity contribution in [3.8, 4) is 0 Å². The molecule has 0 aliphatic carbocycles. The van der Waals surface area contributed by atoms with Crippen LogP contribution in [0.2, 0.25) is 0 Å². The van der Waals surface area contributed by atoms with Crippen LogP contribution in [0.5, 0.6) is 0 Å². The van der Waals surface area contributed by atoms with Crippen molar-refractivity contribution in [2.45, 2.75) is 84.5 Å². The number of carbonyl (C=O) groups excluding carboxylic acids is 2. The van der Waals surface area contributed by atoms with Crippen LogP contribution in [-0.2, 0) is 9.59 Å². The maximum absolute atomic E-state index is 11.5. The zero-order valence-corrected chi connectivity index (χ0v) is 12.7. The second-order valence-corrected chi connectivity index (χ2v) is 5.33. The highest BCUT2D eigenvalue weighted by Crippen LogP contribution is 2.07. The van der Waals surface area contributed by atoms with Crippen LogP contribution in [0.1, 0.15) is 84.5 Å². The first-order valence-electron chi connectivity index (χ1n) is 7.85. The summed E-state index contributed by atoms with van der Waals surface area (Å²) in [5.41, 5.74) is 0. The SMILES string of the molecule is CCCCCCCC/C=C\C(=O)CCCCC(C)=O. The van der Waals surface area contributed by atoms with Crippen LogP contribution in [0.15, 0.2) is 12.2 Å². The molecule has 0 rings (SSSR count). The number of carbonyl (C=O) groups is 2. The summed E-state index contributed by atoms with van der Waals surface area (Å²) in [7, 11) is 0. The molecule has 0 atom stereocenters. The van der Waals surface area contributed by atoms with Gasteiger partial charge in [0.25, 0.3) is 0 Å². The number of ketones is 2. The van der Waals surface area contributed by atoms with Gasteiger partial charge in [0, 0.05) is 12.8 Å². The molecule has 19 heavy (non-hydrogen) atoms. The first-order chi connectivity index (χ1) is 9.16. The fourth-order valence-corrected chi connectivity index (χ4v) is 2.01. The van der Waals surface area contributed by atoms with E-state index in [9.17, 15) is 9.59 Å². The Kier molecular flexibility index (Phi) is 12.9. The number of unbranched alkanes of at least 4 members (excludes halogenated alkanes) is 7. The van der Waals surface area contributed by atoms with Gasteiger partial charge in [0.2, 0.25) is 0 Å². The topological polar surface area (TPSA) is 34.1 Å². The van der Waals surface area contributed by atoms with E-state index in [1.165, 1.54) is 38.5 Å². The van der Waals surface area contributed by atoms with Gasteiger partial charge >= 0.3 is 0 Å². The van der Waals surface area contributed by atoms with E-state index in [0.29, 0.717) is 12.8 Å². The third-order valence-corrected chi connectivity index (χ3v) is 3.23. The van der Waals surface area contributed by atoms with Gasteiger partial charge in [-0.15, -0.1) is 0 Å². The summed E-state index contributed by atoms with van der Waals surface area (Å²) in [6, 6.07) is 0. The van der Waals surface area contributed by atoms with E-state index in [2.05, 4.69) is 6.92 Å². The summed E-state index contributed by atoms with van der Waals surface area (Å²) in [5.74, 6) is 0.417. The van der Waals surface area contributed by atoms with Gasteiger partial charge < -0.3 is 4.79 Å². The Morgan fingerprint density at radius 1 is 0.842 bits per heavy atom. The summed E-state index contributed by atoms with van der Waals surface area (Å²) in [6.45, 7) is 3.83. The fourth-order valence-electron chi connectivity index (χ4n) is 2.01. The molecule has 0 fully saturated rings. The van der Waals surface area contributed by atoms with Crippen LogP contribution in [0.4, 0.5) is 0 Å². The molecule has 0 aliphatic heterocycles. The second kappa shape index (κ2) is 13.5. The molecule has 0 aromatic heterocycles. The fraction of sp³-hybridized carbons (Fsp3) is 0.765. The van der Waals surface area contributed by atoms with E-state index in [0.717, 1.165) is 19.3 Å². The van der Waals surface area contributed by atoms with Gasteiger partial charge in [-0.1, -0.05) is 45.1 Å². The van der Waals surface area contributed by atoms with Gasteiger partial charge in [-0.25, -0.2) is 0 Å². The van der Waals surface area contributed by atoms with E-state index in [1.54, 1.807) is 13.0 Å². The largest absolute Gasteiger partial charge is 0.300 e. The van der Waals surface area contributed by atoms with Crippen LogP contribution in [0, 0.1) is 0 Å². The molecule has 0 N–H and O–H groups in total. The maximum Gasteiger partial charge on any atom is 0.155 e. The summed E-state index contributed by atoms with van der Waals surface area (Å²) in [6.07, 6.45) is 15.4. The molecular formula is C17H30O2. The van der Waals surface area contributed by atoms with Gasteiger partial charge in [0.05, 0.1) is 0 Å². The summed E-state index contributed by atoms with van der Waals surface area (Å²) in [4.78, 5) is 22.2. The Morgan fingerprint density at radius 2 is 1.47 bits per heavy atom. The van der Waals surface area contributed by atoms with E-state index < -0.39 is 0 Å². The van der Waals surface area contributed by atoms with Crippen molar-refractivity contribution in [1.82, 2.24) is 0 Å². The van der Waals surface area contributed by atoms with E-state index >= 15 is 0 Å². The summed E-state index contributed by atoms with van der Waals surface area (Å²) >= 11 is 0. The van der Waals surface area contributed by atoms with Crippen molar-refractivity contribution in [3.63, 3.8) is 0 Å². The van der Waals surface area contributed by atoms with E-state index in [1.807, 2.05) is 6.08 Å². The third-order valence-electron chi connectivity index (χ3n) is 3.23. The van der Waals surface area contributed by atoms with E-state index in [-0.39, 0.29) is 11.6 Å². The molecule has 0 unspecified atom stereocenters. The number of hydrogen-bond acceptors (Lipinski definition) is 2. The van der Waals surface area contributed by atoms with Crippen LogP contribution in [0.3, 0.4) is 0 Å². The van der Waals surface area contributed by atoms with Gasteiger partial charge in [-0.05, 0) is 38.7 Å². The molecule has 0 radical (unpaired) electrons. The Balaban J connectivity index is 3.34. The number of Topliss-reactive ketones (excluding diaryl/α,β-unsaturated/α-hetero) is 1. The predicted molar refractivity (Wildman–Crippen MR) is 81.3 cm³/mol. The lowest BCUT2D eigenvalue weighted by atomic mass is 10.1. The molecule has 0 heterocycles. The highest BCUT2D eigenvalue weighted by Gasteiger charge is 1.98. The highest BCUT2D eigenvalue weighted by molar-refractivity contribution is 5.89. The lowest BCUT2D eigenvalue weighted by Gasteiger charge is -1.98. The molecule has 0 saturated carbocycles. The third kappa shape index (κ3) is 15.0. The molecule has 0 aromatic carbocycles. The number of allylic oxidation sites excluding steroid dienone is 2. The Hall–Kier alpha value is -0.920. The average molecular weight is 266 g/mol. The van der Waals surface area contributed by atoms with Crippen molar-refractivity contribution in [1.29, 1.82) is 0 Å². The van der Waals surface area contributed by atoms with Gasteiger partial charge in [-0.2, -0.15) is 0 Å². The van der Waals surface area contributed by atoms with Gasteiger partial charge in [0.1, 0.15) is 5.78 Å². The summed E-state index contributed by atoms with van der Waals surface area (Å²) in [5, 5.41) is 0. The molecule has 0 aromatic rings. The number of hydrogen-bond donors (Lipinski definition) is 0. The van der Waals surface area contributed by atoms with Crippen LogP contribution >= 0.6 is 0 Å². The lowest BCUT2D eigenvalue weighted by molar-refractivity contribution is -0.118.